The van der Waals surface area contributed by atoms with Crippen molar-refractivity contribution in [3.63, 3.8) is 0 Å². The number of phenolic OH excluding ortho intramolecular Hbond substituents is 1. The number of ketones is 2. The fourth-order valence-corrected chi connectivity index (χ4v) is 3.41. The summed E-state index contributed by atoms with van der Waals surface area (Å²) in [5, 5.41) is 20.5. The van der Waals surface area contributed by atoms with E-state index in [4.69, 9.17) is 9.47 Å². The number of ether oxygens (including phenoxy) is 3. The zero-order valence-electron chi connectivity index (χ0n) is 14.4. The second kappa shape index (κ2) is 6.54. The van der Waals surface area contributed by atoms with Crippen molar-refractivity contribution in [2.24, 2.45) is 0 Å². The summed E-state index contributed by atoms with van der Waals surface area (Å²) in [6, 6.07) is 2.55. The van der Waals surface area contributed by atoms with E-state index in [0.717, 1.165) is 0 Å². The summed E-state index contributed by atoms with van der Waals surface area (Å²) < 4.78 is 15.3. The zero-order chi connectivity index (χ0) is 19.2. The lowest BCUT2D eigenvalue weighted by Gasteiger charge is -2.37. The lowest BCUT2D eigenvalue weighted by atomic mass is 9.76. The third kappa shape index (κ3) is 2.58. The number of hydrogen-bond acceptors (Lipinski definition) is 8. The van der Waals surface area contributed by atoms with Crippen molar-refractivity contribution in [2.45, 2.75) is 31.7 Å². The standard InChI is InChI=1S/C18H18O8/c1-7-12-14(16(22)10(26-7)6-11(20)24-2)15(21)8-4-5-9(19)18(25-3)13(8)17(12)23/h4-5,7,10,16,19,22H,6H2,1-3H3/t7-,10+,16+/m1/s1. The Kier molecular flexibility index (Phi) is 4.55. The predicted molar refractivity (Wildman–Crippen MR) is 87.3 cm³/mol. The SMILES string of the molecule is COC(=O)C[C@@H]1O[C@H](C)C2=C(C(=O)c3ccc(O)c(OC)c3C2=O)[C@H]1O. The first-order valence-electron chi connectivity index (χ1n) is 7.95. The van der Waals surface area contributed by atoms with Crippen molar-refractivity contribution in [2.75, 3.05) is 14.2 Å². The van der Waals surface area contributed by atoms with Gasteiger partial charge in [0.2, 0.25) is 0 Å². The van der Waals surface area contributed by atoms with Crippen LogP contribution in [0, 0.1) is 0 Å². The van der Waals surface area contributed by atoms with Crippen LogP contribution in [0.5, 0.6) is 11.5 Å². The lowest BCUT2D eigenvalue weighted by molar-refractivity contribution is -0.148. The van der Waals surface area contributed by atoms with Crippen molar-refractivity contribution < 1.29 is 38.8 Å². The Morgan fingerprint density at radius 2 is 1.88 bits per heavy atom. The van der Waals surface area contributed by atoms with Crippen molar-refractivity contribution in [1.82, 2.24) is 0 Å². The first-order chi connectivity index (χ1) is 12.3. The Morgan fingerprint density at radius 1 is 1.19 bits per heavy atom. The Labute approximate surface area is 149 Å². The number of carbonyl (C=O) groups excluding carboxylic acids is 3. The molecule has 0 bridgehead atoms. The van der Waals surface area contributed by atoms with Gasteiger partial charge in [0.15, 0.2) is 23.1 Å². The number of Topliss-reactive ketones (excluding diaryl/α,β-unsaturated/α-hetero) is 2. The van der Waals surface area contributed by atoms with Gasteiger partial charge in [-0.3, -0.25) is 14.4 Å². The Balaban J connectivity index is 2.12. The van der Waals surface area contributed by atoms with Crippen LogP contribution >= 0.6 is 0 Å². The molecular formula is C18H18O8. The van der Waals surface area contributed by atoms with Crippen molar-refractivity contribution in [3.05, 3.63) is 34.4 Å². The van der Waals surface area contributed by atoms with Crippen LogP contribution in [0.4, 0.5) is 0 Å². The van der Waals surface area contributed by atoms with Crippen LogP contribution in [0.1, 0.15) is 34.1 Å². The maximum absolute atomic E-state index is 13.0. The van der Waals surface area contributed by atoms with E-state index in [1.54, 1.807) is 6.92 Å². The molecule has 0 spiro atoms. The van der Waals surface area contributed by atoms with Gasteiger partial charge < -0.3 is 24.4 Å². The van der Waals surface area contributed by atoms with E-state index in [1.807, 2.05) is 0 Å². The monoisotopic (exact) mass is 362 g/mol. The van der Waals surface area contributed by atoms with E-state index in [0.29, 0.717) is 0 Å². The molecular weight excluding hydrogens is 344 g/mol. The number of hydrogen-bond donors (Lipinski definition) is 2. The average Bonchev–Trinajstić information content (AvgIpc) is 2.61. The van der Waals surface area contributed by atoms with E-state index in [-0.39, 0.29) is 40.2 Å². The highest BCUT2D eigenvalue weighted by molar-refractivity contribution is 6.29. The number of fused-ring (bicyclic) bond motifs is 1. The van der Waals surface area contributed by atoms with E-state index in [1.165, 1.54) is 26.4 Å². The minimum absolute atomic E-state index is 0.0000146. The highest BCUT2D eigenvalue weighted by atomic mass is 16.5. The molecule has 138 valence electrons. The number of rotatable bonds is 3. The highest BCUT2D eigenvalue weighted by Crippen LogP contribution is 2.42. The van der Waals surface area contributed by atoms with Gasteiger partial charge in [-0.05, 0) is 19.1 Å². The third-order valence-electron chi connectivity index (χ3n) is 4.62. The van der Waals surface area contributed by atoms with Gasteiger partial charge in [0, 0.05) is 16.7 Å². The maximum Gasteiger partial charge on any atom is 0.308 e. The Morgan fingerprint density at radius 3 is 2.50 bits per heavy atom. The number of aliphatic hydroxyl groups is 1. The van der Waals surface area contributed by atoms with Crippen LogP contribution in [-0.2, 0) is 14.3 Å². The van der Waals surface area contributed by atoms with Crippen LogP contribution in [0.2, 0.25) is 0 Å². The van der Waals surface area contributed by atoms with E-state index < -0.39 is 35.8 Å². The second-order valence-electron chi connectivity index (χ2n) is 6.07. The molecule has 2 N–H and O–H groups in total. The average molecular weight is 362 g/mol. The van der Waals surface area contributed by atoms with Crippen molar-refractivity contribution in [1.29, 1.82) is 0 Å². The molecule has 0 saturated heterocycles. The number of esters is 1. The first kappa shape index (κ1) is 18.1. The fraction of sp³-hybridized carbons (Fsp3) is 0.389. The van der Waals surface area contributed by atoms with Crippen LogP contribution < -0.4 is 4.74 Å². The van der Waals surface area contributed by atoms with Gasteiger partial charge in [0.05, 0.1) is 38.4 Å². The normalized spacial score (nSPS) is 24.8. The molecule has 3 atom stereocenters. The molecule has 1 aromatic carbocycles. The Bertz CT molecular complexity index is 838. The van der Waals surface area contributed by atoms with E-state index in [2.05, 4.69) is 4.74 Å². The summed E-state index contributed by atoms with van der Waals surface area (Å²) in [4.78, 5) is 37.5. The van der Waals surface area contributed by atoms with E-state index in [9.17, 15) is 24.6 Å². The first-order valence-corrected chi connectivity index (χ1v) is 7.95. The molecule has 3 rings (SSSR count). The van der Waals surface area contributed by atoms with Crippen molar-refractivity contribution >= 4 is 17.5 Å². The van der Waals surface area contributed by atoms with Gasteiger partial charge in [-0.25, -0.2) is 0 Å². The van der Waals surface area contributed by atoms with Crippen LogP contribution in [0.15, 0.2) is 23.3 Å². The minimum Gasteiger partial charge on any atom is -0.504 e. The summed E-state index contributed by atoms with van der Waals surface area (Å²) in [5.74, 6) is -2.11. The zero-order valence-corrected chi connectivity index (χ0v) is 14.4. The summed E-state index contributed by atoms with van der Waals surface area (Å²) in [6.07, 6.45) is -3.55. The molecule has 0 radical (unpaired) electrons. The molecule has 1 heterocycles. The summed E-state index contributed by atoms with van der Waals surface area (Å²) in [7, 11) is 2.48. The number of carbonyl (C=O) groups is 3. The number of aliphatic hydroxyl groups excluding tert-OH is 1. The molecule has 1 aromatic rings. The lowest BCUT2D eigenvalue weighted by Crippen LogP contribution is -2.47. The predicted octanol–water partition coefficient (Wildman–Crippen LogP) is 0.788. The topological polar surface area (TPSA) is 119 Å². The minimum atomic E-state index is -1.45. The summed E-state index contributed by atoms with van der Waals surface area (Å²) >= 11 is 0. The highest BCUT2D eigenvalue weighted by Gasteiger charge is 2.46. The van der Waals surface area contributed by atoms with Gasteiger partial charge in [-0.15, -0.1) is 0 Å². The largest absolute Gasteiger partial charge is 0.504 e. The molecule has 0 saturated carbocycles. The quantitative estimate of drug-likeness (QED) is 0.758. The van der Waals surface area contributed by atoms with Crippen LogP contribution in [0.25, 0.3) is 0 Å². The molecule has 26 heavy (non-hydrogen) atoms. The van der Waals surface area contributed by atoms with Gasteiger partial charge in [0.25, 0.3) is 0 Å². The summed E-state index contributed by atoms with van der Waals surface area (Å²) in [6.45, 7) is 1.55. The maximum atomic E-state index is 13.0. The molecule has 8 nitrogen and oxygen atoms in total. The molecule has 8 heteroatoms. The van der Waals surface area contributed by atoms with Gasteiger partial charge in [-0.1, -0.05) is 0 Å². The van der Waals surface area contributed by atoms with E-state index >= 15 is 0 Å². The molecule has 1 aliphatic heterocycles. The van der Waals surface area contributed by atoms with Crippen LogP contribution in [0.3, 0.4) is 0 Å². The molecule has 0 fully saturated rings. The van der Waals surface area contributed by atoms with Gasteiger partial charge in [-0.2, -0.15) is 0 Å². The smallest absolute Gasteiger partial charge is 0.308 e. The number of methoxy groups -OCH3 is 2. The van der Waals surface area contributed by atoms with Crippen LogP contribution in [-0.4, -0.2) is 60.3 Å². The number of aromatic hydroxyl groups is 1. The molecule has 0 unspecified atom stereocenters. The summed E-state index contributed by atoms with van der Waals surface area (Å²) in [5.41, 5.74) is -0.137. The molecule has 0 amide bonds. The third-order valence-corrected chi connectivity index (χ3v) is 4.62. The number of phenols is 1. The van der Waals surface area contributed by atoms with Gasteiger partial charge in [0.1, 0.15) is 6.10 Å². The second-order valence-corrected chi connectivity index (χ2v) is 6.07. The van der Waals surface area contributed by atoms with Crippen molar-refractivity contribution in [3.8, 4) is 11.5 Å². The molecule has 1 aliphatic carbocycles. The fourth-order valence-electron chi connectivity index (χ4n) is 3.41. The van der Waals surface area contributed by atoms with Gasteiger partial charge >= 0.3 is 5.97 Å². The number of benzene rings is 1. The Hall–Kier alpha value is -2.71. The molecule has 0 aromatic heterocycles. The molecule has 2 aliphatic rings.